The Labute approximate surface area is 250 Å². The second-order valence-electron chi connectivity index (χ2n) is 11.5. The molecule has 0 aliphatic carbocycles. The first kappa shape index (κ1) is 28.4. The summed E-state index contributed by atoms with van der Waals surface area (Å²) in [5, 5.41) is 14.7. The molecular weight excluding hydrogens is 575 g/mol. The molecule has 0 bridgehead atoms. The van der Waals surface area contributed by atoms with Crippen molar-refractivity contribution in [2.75, 3.05) is 13.2 Å². The quantitative estimate of drug-likeness (QED) is 0.247. The van der Waals surface area contributed by atoms with E-state index < -0.39 is 17.7 Å². The van der Waals surface area contributed by atoms with Gasteiger partial charge in [0.15, 0.2) is 0 Å². The van der Waals surface area contributed by atoms with E-state index in [-0.39, 0.29) is 24.0 Å². The summed E-state index contributed by atoms with van der Waals surface area (Å²) in [7, 11) is 1.81. The average Bonchev–Trinajstić information content (AvgIpc) is 3.51. The Hall–Kier alpha value is -4.42. The molecule has 2 aliphatic rings. The average molecular weight is 606 g/mol. The highest BCUT2D eigenvalue weighted by molar-refractivity contribution is 5.92. The van der Waals surface area contributed by atoms with Crippen molar-refractivity contribution in [1.82, 2.24) is 24.2 Å². The Balaban J connectivity index is 1.15. The Bertz CT molecular complexity index is 1890. The molecule has 1 fully saturated rings. The first-order chi connectivity index (χ1) is 21.1. The molecule has 0 radical (unpaired) electrons. The largest absolute Gasteiger partial charge is 0.488 e. The van der Waals surface area contributed by atoms with Crippen LogP contribution in [0.25, 0.3) is 21.9 Å². The van der Waals surface area contributed by atoms with Crippen molar-refractivity contribution in [3.05, 3.63) is 88.4 Å². The van der Waals surface area contributed by atoms with Crippen LogP contribution in [0.2, 0.25) is 0 Å². The van der Waals surface area contributed by atoms with Crippen molar-refractivity contribution in [3.8, 4) is 5.75 Å². The number of benzene rings is 3. The summed E-state index contributed by atoms with van der Waals surface area (Å²) in [6.07, 6.45) is -1.43. The van der Waals surface area contributed by atoms with Gasteiger partial charge in [0.2, 0.25) is 0 Å². The molecule has 228 valence electrons. The van der Waals surface area contributed by atoms with Crippen molar-refractivity contribution in [2.45, 2.75) is 51.4 Å². The summed E-state index contributed by atoms with van der Waals surface area (Å²) in [5.74, 6) is -0.447. The normalized spacial score (nSPS) is 17.1. The third-order valence-electron chi connectivity index (χ3n) is 8.53. The van der Waals surface area contributed by atoms with Gasteiger partial charge in [-0.2, -0.15) is 18.3 Å². The molecule has 4 heterocycles. The van der Waals surface area contributed by atoms with E-state index in [1.54, 1.807) is 23.0 Å². The molecule has 5 aromatic rings. The zero-order valence-corrected chi connectivity index (χ0v) is 24.0. The maximum absolute atomic E-state index is 14.1. The zero-order valence-electron chi connectivity index (χ0n) is 24.0. The SMILES string of the molecule is Cn1ncc2ccc(COc3cc4c(cc3C(F)(F)F)CCN(Cc3nc5ccc(C(=O)O)cc5n3C[C@@H]3CCO3)C4)cc21. The van der Waals surface area contributed by atoms with Crippen molar-refractivity contribution in [2.24, 2.45) is 7.05 Å². The number of aromatic carboxylic acids is 1. The fraction of sp³-hybridized carbons (Fsp3) is 0.344. The molecule has 0 amide bonds. The van der Waals surface area contributed by atoms with E-state index >= 15 is 0 Å². The number of carbonyl (C=O) groups is 1. The number of carboxylic acids is 1. The molecule has 0 saturated carbocycles. The standard InChI is InChI=1S/C32H30F3N5O4/c1-38-27-10-19(2-3-22(27)14-36-38)18-44-29-13-23-15-39(8-6-20(23)11-25(29)32(33,34)35)17-30-37-26-5-4-21(31(41)42)12-28(26)40(30)16-24-7-9-43-24/h2-5,10-14,24H,6-9,15-18H2,1H3,(H,41,42)/t24-/m0/s1. The molecule has 1 saturated heterocycles. The van der Waals surface area contributed by atoms with Crippen molar-refractivity contribution in [1.29, 1.82) is 0 Å². The van der Waals surface area contributed by atoms with Gasteiger partial charge in [-0.05, 0) is 65.9 Å². The summed E-state index contributed by atoms with van der Waals surface area (Å²) in [4.78, 5) is 18.6. The number of fused-ring (bicyclic) bond motifs is 3. The summed E-state index contributed by atoms with van der Waals surface area (Å²) >= 11 is 0. The van der Waals surface area contributed by atoms with Crippen LogP contribution < -0.4 is 4.74 Å². The van der Waals surface area contributed by atoms with E-state index in [1.807, 2.05) is 29.8 Å². The fourth-order valence-corrected chi connectivity index (χ4v) is 6.02. The molecule has 3 aromatic carbocycles. The lowest BCUT2D eigenvalue weighted by Crippen LogP contribution is -2.34. The number of ether oxygens (including phenoxy) is 2. The van der Waals surface area contributed by atoms with Gasteiger partial charge in [0.25, 0.3) is 0 Å². The number of halogens is 3. The molecule has 9 nitrogen and oxygen atoms in total. The molecule has 2 aromatic heterocycles. The van der Waals surface area contributed by atoms with E-state index in [1.165, 1.54) is 18.2 Å². The minimum absolute atomic E-state index is 0.0156. The molecule has 0 unspecified atom stereocenters. The number of aryl methyl sites for hydroxylation is 1. The molecule has 44 heavy (non-hydrogen) atoms. The lowest BCUT2D eigenvalue weighted by molar-refractivity contribution is -0.139. The van der Waals surface area contributed by atoms with E-state index in [0.717, 1.165) is 39.8 Å². The monoisotopic (exact) mass is 605 g/mol. The molecular formula is C32H30F3N5O4. The molecule has 12 heteroatoms. The minimum Gasteiger partial charge on any atom is -0.488 e. The Kier molecular flexibility index (Phi) is 7.05. The van der Waals surface area contributed by atoms with Crippen LogP contribution >= 0.6 is 0 Å². The summed E-state index contributed by atoms with van der Waals surface area (Å²) < 4.78 is 57.6. The summed E-state index contributed by atoms with van der Waals surface area (Å²) in [6.45, 7) is 2.66. The molecule has 0 spiro atoms. The number of imidazole rings is 1. The second-order valence-corrected chi connectivity index (χ2v) is 11.5. The van der Waals surface area contributed by atoms with Crippen LogP contribution in [0.1, 0.15) is 44.9 Å². The van der Waals surface area contributed by atoms with Gasteiger partial charge in [-0.25, -0.2) is 9.78 Å². The van der Waals surface area contributed by atoms with E-state index in [4.69, 9.17) is 14.5 Å². The van der Waals surface area contributed by atoms with Gasteiger partial charge >= 0.3 is 12.1 Å². The molecule has 1 atom stereocenters. The highest BCUT2D eigenvalue weighted by Gasteiger charge is 2.36. The van der Waals surface area contributed by atoms with Crippen LogP contribution in [-0.2, 0) is 50.6 Å². The van der Waals surface area contributed by atoms with Gasteiger partial charge < -0.3 is 19.1 Å². The number of carboxylic acid groups (broad SMARTS) is 1. The maximum Gasteiger partial charge on any atom is 0.419 e. The summed E-state index contributed by atoms with van der Waals surface area (Å²) in [6, 6.07) is 13.2. The maximum atomic E-state index is 14.1. The smallest absolute Gasteiger partial charge is 0.419 e. The van der Waals surface area contributed by atoms with Crippen molar-refractivity contribution >= 4 is 27.9 Å². The number of hydrogen-bond donors (Lipinski definition) is 1. The van der Waals surface area contributed by atoms with Crippen LogP contribution in [0.4, 0.5) is 13.2 Å². The molecule has 2 aliphatic heterocycles. The minimum atomic E-state index is -4.56. The Morgan fingerprint density at radius 1 is 1.11 bits per heavy atom. The highest BCUT2D eigenvalue weighted by Crippen LogP contribution is 2.40. The fourth-order valence-electron chi connectivity index (χ4n) is 6.02. The number of aromatic nitrogens is 4. The number of rotatable bonds is 8. The van der Waals surface area contributed by atoms with Gasteiger partial charge in [-0.1, -0.05) is 12.1 Å². The van der Waals surface area contributed by atoms with Crippen LogP contribution in [0.5, 0.6) is 5.75 Å². The van der Waals surface area contributed by atoms with E-state index in [9.17, 15) is 23.1 Å². The molecule has 1 N–H and O–H groups in total. The number of alkyl halides is 3. The number of nitrogens with zero attached hydrogens (tertiary/aromatic N) is 5. The highest BCUT2D eigenvalue weighted by atomic mass is 19.4. The van der Waals surface area contributed by atoms with Crippen molar-refractivity contribution in [3.63, 3.8) is 0 Å². The Morgan fingerprint density at radius 3 is 2.70 bits per heavy atom. The van der Waals surface area contributed by atoms with Crippen molar-refractivity contribution < 1.29 is 32.5 Å². The lowest BCUT2D eigenvalue weighted by atomic mass is 9.96. The van der Waals surface area contributed by atoms with Gasteiger partial charge in [0, 0.05) is 32.1 Å². The third-order valence-corrected chi connectivity index (χ3v) is 8.53. The van der Waals surface area contributed by atoms with E-state index in [0.29, 0.717) is 50.3 Å². The second kappa shape index (κ2) is 10.9. The zero-order chi connectivity index (χ0) is 30.6. The first-order valence-corrected chi connectivity index (χ1v) is 14.5. The summed E-state index contributed by atoms with van der Waals surface area (Å²) in [5.41, 5.74) is 3.87. The predicted molar refractivity (Wildman–Crippen MR) is 155 cm³/mol. The van der Waals surface area contributed by atoms with Gasteiger partial charge in [0.1, 0.15) is 18.2 Å². The van der Waals surface area contributed by atoms with Gasteiger partial charge in [-0.3, -0.25) is 9.58 Å². The topological polar surface area (TPSA) is 94.6 Å². The number of hydrogen-bond acceptors (Lipinski definition) is 6. The van der Waals surface area contributed by atoms with Crippen LogP contribution in [-0.4, -0.2) is 54.6 Å². The third kappa shape index (κ3) is 5.39. The molecule has 7 rings (SSSR count). The van der Waals surface area contributed by atoms with Crippen LogP contribution in [0.15, 0.2) is 54.7 Å². The van der Waals surface area contributed by atoms with Crippen LogP contribution in [0.3, 0.4) is 0 Å². The predicted octanol–water partition coefficient (Wildman–Crippen LogP) is 5.57. The van der Waals surface area contributed by atoms with E-state index in [2.05, 4.69) is 10.00 Å². The lowest BCUT2D eigenvalue weighted by Gasteiger charge is -2.31. The first-order valence-electron chi connectivity index (χ1n) is 14.5. The van der Waals surface area contributed by atoms with Gasteiger partial charge in [0.05, 0.1) is 53.1 Å². The Morgan fingerprint density at radius 2 is 1.95 bits per heavy atom. The van der Waals surface area contributed by atoms with Crippen LogP contribution in [0, 0.1) is 0 Å². The van der Waals surface area contributed by atoms with Gasteiger partial charge in [-0.15, -0.1) is 0 Å².